The highest BCUT2D eigenvalue weighted by atomic mass is 15.2. The molecular weight excluding hydrogens is 200 g/mol. The van der Waals surface area contributed by atoms with E-state index in [0.29, 0.717) is 11.7 Å². The van der Waals surface area contributed by atoms with E-state index in [9.17, 15) is 0 Å². The molecule has 1 saturated heterocycles. The van der Waals surface area contributed by atoms with Gasteiger partial charge in [0.25, 0.3) is 0 Å². The number of pyridine rings is 1. The first kappa shape index (κ1) is 10.9. The van der Waals surface area contributed by atoms with Crippen molar-refractivity contribution in [2.24, 2.45) is 0 Å². The summed E-state index contributed by atoms with van der Waals surface area (Å²) in [5.74, 6) is 0. The van der Waals surface area contributed by atoms with Crippen molar-refractivity contribution in [3.05, 3.63) is 24.0 Å². The molecule has 2 heterocycles. The topological polar surface area (TPSA) is 52.0 Å². The third-order valence-corrected chi connectivity index (χ3v) is 3.09. The molecule has 1 aromatic rings. The molecule has 84 valence electrons. The van der Waals surface area contributed by atoms with Crippen LogP contribution in [0.5, 0.6) is 0 Å². The number of aromatic nitrogens is 1. The Bertz CT molecular complexity index is 379. The second kappa shape index (κ2) is 4.95. The van der Waals surface area contributed by atoms with Crippen molar-refractivity contribution >= 4 is 5.69 Å². The van der Waals surface area contributed by atoms with Gasteiger partial charge >= 0.3 is 0 Å². The van der Waals surface area contributed by atoms with Gasteiger partial charge in [-0.3, -0.25) is 0 Å². The van der Waals surface area contributed by atoms with Crippen LogP contribution in [0.15, 0.2) is 18.3 Å². The molecule has 1 aliphatic heterocycles. The number of hydrogen-bond acceptors (Lipinski definition) is 4. The molecule has 0 saturated carbocycles. The van der Waals surface area contributed by atoms with Crippen molar-refractivity contribution in [1.82, 2.24) is 9.88 Å². The maximum absolute atomic E-state index is 8.63. The van der Waals surface area contributed by atoms with Crippen molar-refractivity contribution < 1.29 is 0 Å². The van der Waals surface area contributed by atoms with E-state index >= 15 is 0 Å². The van der Waals surface area contributed by atoms with Crippen molar-refractivity contribution in [2.45, 2.75) is 18.9 Å². The maximum Gasteiger partial charge on any atom is 0.140 e. The molecule has 0 aliphatic carbocycles. The Labute approximate surface area is 95.9 Å². The van der Waals surface area contributed by atoms with Crippen LogP contribution in [0.25, 0.3) is 0 Å². The van der Waals surface area contributed by atoms with Crippen LogP contribution in [0.3, 0.4) is 0 Å². The highest BCUT2D eigenvalue weighted by molar-refractivity contribution is 5.42. The van der Waals surface area contributed by atoms with Crippen LogP contribution in [0.1, 0.15) is 18.5 Å². The maximum atomic E-state index is 8.63. The Morgan fingerprint density at radius 1 is 1.62 bits per heavy atom. The Hall–Kier alpha value is -1.60. The number of nitriles is 1. The van der Waals surface area contributed by atoms with Gasteiger partial charge in [-0.15, -0.1) is 0 Å². The number of nitrogens with zero attached hydrogens (tertiary/aromatic N) is 3. The van der Waals surface area contributed by atoms with Gasteiger partial charge in [0.05, 0.1) is 11.9 Å². The standard InChI is InChI=1S/C12H16N4/c1-16-6-2-3-12(16)9-15-11-5-4-10(7-13)14-8-11/h4-5,8,12,15H,2-3,6,9H2,1H3. The molecule has 1 unspecified atom stereocenters. The summed E-state index contributed by atoms with van der Waals surface area (Å²) < 4.78 is 0. The zero-order chi connectivity index (χ0) is 11.4. The van der Waals surface area contributed by atoms with Gasteiger partial charge in [-0.1, -0.05) is 0 Å². The molecule has 0 amide bonds. The SMILES string of the molecule is CN1CCCC1CNc1ccc(C#N)nc1. The summed E-state index contributed by atoms with van der Waals surface area (Å²) in [6, 6.07) is 6.27. The number of nitrogens with one attached hydrogen (secondary N) is 1. The fourth-order valence-corrected chi connectivity index (χ4v) is 2.04. The molecule has 0 bridgehead atoms. The molecule has 0 spiro atoms. The van der Waals surface area contributed by atoms with Gasteiger partial charge in [0.15, 0.2) is 0 Å². The Morgan fingerprint density at radius 2 is 2.50 bits per heavy atom. The minimum atomic E-state index is 0.462. The number of rotatable bonds is 3. The average Bonchev–Trinajstić information content (AvgIpc) is 2.73. The lowest BCUT2D eigenvalue weighted by Gasteiger charge is -2.20. The van der Waals surface area contributed by atoms with E-state index in [-0.39, 0.29) is 0 Å². The van der Waals surface area contributed by atoms with Crippen LogP contribution < -0.4 is 5.32 Å². The van der Waals surface area contributed by atoms with Gasteiger partial charge in [-0.25, -0.2) is 4.98 Å². The molecule has 16 heavy (non-hydrogen) atoms. The fraction of sp³-hybridized carbons (Fsp3) is 0.500. The molecule has 1 aliphatic rings. The van der Waals surface area contributed by atoms with Crippen molar-refractivity contribution in [2.75, 3.05) is 25.5 Å². The summed E-state index contributed by atoms with van der Waals surface area (Å²) in [7, 11) is 2.16. The predicted molar refractivity (Wildman–Crippen MR) is 63.1 cm³/mol. The monoisotopic (exact) mass is 216 g/mol. The first-order chi connectivity index (χ1) is 7.79. The van der Waals surface area contributed by atoms with E-state index in [2.05, 4.69) is 22.2 Å². The summed E-state index contributed by atoms with van der Waals surface area (Å²) in [5.41, 5.74) is 1.45. The van der Waals surface area contributed by atoms with Crippen molar-refractivity contribution in [3.8, 4) is 6.07 Å². The number of hydrogen-bond donors (Lipinski definition) is 1. The molecule has 4 nitrogen and oxygen atoms in total. The molecule has 1 atom stereocenters. The third-order valence-electron chi connectivity index (χ3n) is 3.09. The molecule has 1 N–H and O–H groups in total. The number of likely N-dealkylation sites (N-methyl/N-ethyl adjacent to an activating group) is 1. The van der Waals surface area contributed by atoms with Crippen molar-refractivity contribution in [1.29, 1.82) is 5.26 Å². The average molecular weight is 216 g/mol. The van der Waals surface area contributed by atoms with Gasteiger partial charge in [0.2, 0.25) is 0 Å². The van der Waals surface area contributed by atoms with E-state index in [4.69, 9.17) is 5.26 Å². The van der Waals surface area contributed by atoms with Crippen LogP contribution in [0.4, 0.5) is 5.69 Å². The van der Waals surface area contributed by atoms with E-state index in [1.165, 1.54) is 19.4 Å². The predicted octanol–water partition coefficient (Wildman–Crippen LogP) is 1.46. The van der Waals surface area contributed by atoms with E-state index in [1.54, 1.807) is 12.3 Å². The minimum Gasteiger partial charge on any atom is -0.382 e. The molecular formula is C12H16N4. The van der Waals surface area contributed by atoms with Gasteiger partial charge in [-0.2, -0.15) is 5.26 Å². The zero-order valence-electron chi connectivity index (χ0n) is 9.48. The van der Waals surface area contributed by atoms with Crippen molar-refractivity contribution in [3.63, 3.8) is 0 Å². The summed E-state index contributed by atoms with van der Waals surface area (Å²) in [4.78, 5) is 6.40. The minimum absolute atomic E-state index is 0.462. The van der Waals surface area contributed by atoms with Crippen LogP contribution in [0.2, 0.25) is 0 Å². The lowest BCUT2D eigenvalue weighted by molar-refractivity contribution is 0.322. The quantitative estimate of drug-likeness (QED) is 0.831. The lowest BCUT2D eigenvalue weighted by Crippen LogP contribution is -2.31. The Morgan fingerprint density at radius 3 is 3.06 bits per heavy atom. The Balaban J connectivity index is 1.87. The summed E-state index contributed by atoms with van der Waals surface area (Å²) >= 11 is 0. The van der Waals surface area contributed by atoms with Crippen LogP contribution in [0, 0.1) is 11.3 Å². The summed E-state index contributed by atoms with van der Waals surface area (Å²) in [5, 5.41) is 12.0. The molecule has 1 aromatic heterocycles. The molecule has 0 radical (unpaired) electrons. The number of anilines is 1. The van der Waals surface area contributed by atoms with Crippen LogP contribution in [-0.2, 0) is 0 Å². The molecule has 2 rings (SSSR count). The van der Waals surface area contributed by atoms with Crippen LogP contribution >= 0.6 is 0 Å². The lowest BCUT2D eigenvalue weighted by atomic mass is 10.2. The fourth-order valence-electron chi connectivity index (χ4n) is 2.04. The molecule has 4 heteroatoms. The highest BCUT2D eigenvalue weighted by Crippen LogP contribution is 2.15. The highest BCUT2D eigenvalue weighted by Gasteiger charge is 2.19. The smallest absolute Gasteiger partial charge is 0.140 e. The summed E-state index contributed by atoms with van der Waals surface area (Å²) in [6.45, 7) is 2.14. The summed E-state index contributed by atoms with van der Waals surface area (Å²) in [6.07, 6.45) is 4.26. The molecule has 0 aromatic carbocycles. The van der Waals surface area contributed by atoms with Gasteiger partial charge in [0, 0.05) is 12.6 Å². The molecule has 1 fully saturated rings. The largest absolute Gasteiger partial charge is 0.382 e. The first-order valence-electron chi connectivity index (χ1n) is 5.60. The second-order valence-electron chi connectivity index (χ2n) is 4.20. The third kappa shape index (κ3) is 2.50. The van der Waals surface area contributed by atoms with E-state index < -0.39 is 0 Å². The Kier molecular flexibility index (Phi) is 3.37. The first-order valence-corrected chi connectivity index (χ1v) is 5.60. The normalized spacial score (nSPS) is 20.6. The number of likely N-dealkylation sites (tertiary alicyclic amines) is 1. The van der Waals surface area contributed by atoms with Crippen LogP contribution in [-0.4, -0.2) is 36.1 Å². The van der Waals surface area contributed by atoms with Gasteiger partial charge in [-0.05, 0) is 38.6 Å². The van der Waals surface area contributed by atoms with Gasteiger partial charge < -0.3 is 10.2 Å². The second-order valence-corrected chi connectivity index (χ2v) is 4.20. The zero-order valence-corrected chi connectivity index (χ0v) is 9.48. The van der Waals surface area contributed by atoms with Gasteiger partial charge in [0.1, 0.15) is 11.8 Å². The van der Waals surface area contributed by atoms with E-state index in [1.807, 2.05) is 12.1 Å². The van der Waals surface area contributed by atoms with E-state index in [0.717, 1.165) is 12.2 Å².